The van der Waals surface area contributed by atoms with Crippen molar-refractivity contribution in [2.24, 2.45) is 4.99 Å². The number of aliphatic imine (C=N–C) groups is 1. The highest BCUT2D eigenvalue weighted by molar-refractivity contribution is 9.10. The Hall–Kier alpha value is -2.71. The van der Waals surface area contributed by atoms with Crippen LogP contribution in [0, 0.1) is 0 Å². The fraction of sp³-hybridized carbons (Fsp3) is 0.250. The molecule has 0 unspecified atom stereocenters. The molecule has 0 spiro atoms. The van der Waals surface area contributed by atoms with Crippen LogP contribution in [0.5, 0.6) is 0 Å². The van der Waals surface area contributed by atoms with Crippen LogP contribution in [0.3, 0.4) is 0 Å². The van der Waals surface area contributed by atoms with Crippen LogP contribution in [0.1, 0.15) is 30.7 Å². The van der Waals surface area contributed by atoms with Crippen LogP contribution in [0.4, 0.5) is 5.69 Å². The van der Waals surface area contributed by atoms with Crippen molar-refractivity contribution in [3.8, 4) is 11.3 Å². The molecule has 3 aliphatic rings. The molecule has 0 radical (unpaired) electrons. The monoisotopic (exact) mass is 438 g/mol. The molecule has 7 nitrogen and oxygen atoms in total. The third-order valence-electron chi connectivity index (χ3n) is 5.43. The van der Waals surface area contributed by atoms with Gasteiger partial charge in [-0.1, -0.05) is 28.4 Å². The van der Waals surface area contributed by atoms with Gasteiger partial charge in [-0.15, -0.1) is 0 Å². The number of aromatic nitrogens is 2. The summed E-state index contributed by atoms with van der Waals surface area (Å²) in [4.78, 5) is 17.2. The summed E-state index contributed by atoms with van der Waals surface area (Å²) in [6.45, 7) is 0.431. The molecule has 1 fully saturated rings. The van der Waals surface area contributed by atoms with Crippen molar-refractivity contribution in [3.05, 3.63) is 58.1 Å². The molecule has 1 amide bonds. The second kappa shape index (κ2) is 7.03. The first-order valence-electron chi connectivity index (χ1n) is 9.32. The third-order valence-corrected chi connectivity index (χ3v) is 5.93. The predicted octanol–water partition coefficient (Wildman–Crippen LogP) is 3.68. The van der Waals surface area contributed by atoms with Crippen molar-refractivity contribution in [2.75, 3.05) is 11.9 Å². The molecule has 5 rings (SSSR count). The Kier molecular flexibility index (Phi) is 4.37. The molecule has 2 aliphatic heterocycles. The van der Waals surface area contributed by atoms with Gasteiger partial charge in [0.2, 0.25) is 0 Å². The first-order valence-corrected chi connectivity index (χ1v) is 10.1. The lowest BCUT2D eigenvalue weighted by atomic mass is 9.77. The van der Waals surface area contributed by atoms with Crippen molar-refractivity contribution < 1.29 is 4.79 Å². The number of hydrogen-bond acceptors (Lipinski definition) is 5. The van der Waals surface area contributed by atoms with E-state index < -0.39 is 0 Å². The molecule has 0 saturated heterocycles. The van der Waals surface area contributed by atoms with Crippen LogP contribution in [0.25, 0.3) is 11.3 Å². The van der Waals surface area contributed by atoms with Crippen LogP contribution in [-0.2, 0) is 4.79 Å². The maximum absolute atomic E-state index is 12.9. The minimum Gasteiger partial charge on any atom is -0.319 e. The van der Waals surface area contributed by atoms with E-state index >= 15 is 0 Å². The van der Waals surface area contributed by atoms with E-state index in [9.17, 15) is 4.79 Å². The maximum atomic E-state index is 12.9. The molecule has 1 saturated carbocycles. The summed E-state index contributed by atoms with van der Waals surface area (Å²) in [6.07, 6.45) is 10.7. The van der Waals surface area contributed by atoms with Gasteiger partial charge in [0.05, 0.1) is 23.2 Å². The largest absolute Gasteiger partial charge is 0.319 e. The summed E-state index contributed by atoms with van der Waals surface area (Å²) >= 11 is 3.57. The number of carbonyl (C=O) groups is 1. The fourth-order valence-electron chi connectivity index (χ4n) is 3.75. The van der Waals surface area contributed by atoms with E-state index in [2.05, 4.69) is 60.1 Å². The van der Waals surface area contributed by atoms with Gasteiger partial charge >= 0.3 is 0 Å². The van der Waals surface area contributed by atoms with Gasteiger partial charge in [-0.3, -0.25) is 14.9 Å². The standard InChI is InChI=1S/C20H19BrN6O/c21-13-5-6-14(12-3-1-4-12)15(9-13)18-17(11-23-26-18)25-20(28)16-10-24-27-8-2-7-22-19(16)27/h2,5-9,11-12,24H,1,3-4,10H2,(H,23,26)(H,25,28). The zero-order chi connectivity index (χ0) is 19.1. The average Bonchev–Trinajstić information content (AvgIpc) is 3.28. The molecular formula is C20H19BrN6O. The molecule has 142 valence electrons. The number of aromatic amines is 1. The number of carbonyl (C=O) groups excluding carboxylic acids is 1. The second-order valence-electron chi connectivity index (χ2n) is 7.10. The fourth-order valence-corrected chi connectivity index (χ4v) is 4.11. The molecule has 28 heavy (non-hydrogen) atoms. The number of allylic oxidation sites excluding steroid dienone is 1. The molecule has 1 aliphatic carbocycles. The van der Waals surface area contributed by atoms with Gasteiger partial charge in [0.25, 0.3) is 5.91 Å². The lowest BCUT2D eigenvalue weighted by molar-refractivity contribution is -0.112. The summed E-state index contributed by atoms with van der Waals surface area (Å²) in [5.41, 5.74) is 7.61. The number of nitrogens with one attached hydrogen (secondary N) is 3. The smallest absolute Gasteiger partial charge is 0.256 e. The van der Waals surface area contributed by atoms with Crippen LogP contribution in [-0.4, -0.2) is 33.9 Å². The Morgan fingerprint density at radius 1 is 1.32 bits per heavy atom. The summed E-state index contributed by atoms with van der Waals surface area (Å²) < 4.78 is 1.00. The van der Waals surface area contributed by atoms with Crippen LogP contribution in [0.2, 0.25) is 0 Å². The van der Waals surface area contributed by atoms with E-state index in [-0.39, 0.29) is 5.91 Å². The Labute approximate surface area is 170 Å². The van der Waals surface area contributed by atoms with Gasteiger partial charge in [-0.25, -0.2) is 10.4 Å². The Morgan fingerprint density at radius 3 is 3.04 bits per heavy atom. The van der Waals surface area contributed by atoms with Crippen molar-refractivity contribution >= 4 is 33.7 Å². The number of rotatable bonds is 4. The van der Waals surface area contributed by atoms with Crippen molar-refractivity contribution in [3.63, 3.8) is 0 Å². The van der Waals surface area contributed by atoms with E-state index in [4.69, 9.17) is 0 Å². The second-order valence-corrected chi connectivity index (χ2v) is 8.01. The highest BCUT2D eigenvalue weighted by Gasteiger charge is 2.28. The van der Waals surface area contributed by atoms with Crippen LogP contribution < -0.4 is 10.7 Å². The number of halogens is 1. The number of anilines is 1. The first kappa shape index (κ1) is 17.4. The summed E-state index contributed by atoms with van der Waals surface area (Å²) in [5.74, 6) is 1.01. The van der Waals surface area contributed by atoms with Gasteiger partial charge in [0.1, 0.15) is 0 Å². The summed E-state index contributed by atoms with van der Waals surface area (Å²) in [6, 6.07) is 6.33. The quantitative estimate of drug-likeness (QED) is 0.679. The Balaban J connectivity index is 1.46. The van der Waals surface area contributed by atoms with Crippen molar-refractivity contribution in [2.45, 2.75) is 25.2 Å². The highest BCUT2D eigenvalue weighted by atomic mass is 79.9. The van der Waals surface area contributed by atoms with E-state index in [0.717, 1.165) is 15.7 Å². The van der Waals surface area contributed by atoms with Crippen LogP contribution in [0.15, 0.2) is 57.5 Å². The number of hydrazine groups is 1. The zero-order valence-corrected chi connectivity index (χ0v) is 16.7. The minimum atomic E-state index is -0.180. The topological polar surface area (TPSA) is 85.4 Å². The molecule has 3 heterocycles. The summed E-state index contributed by atoms with van der Waals surface area (Å²) in [7, 11) is 0. The average molecular weight is 439 g/mol. The molecule has 2 aromatic rings. The third kappa shape index (κ3) is 2.98. The first-order chi connectivity index (χ1) is 13.7. The number of nitrogens with zero attached hydrogens (tertiary/aromatic N) is 3. The normalized spacial score (nSPS) is 18.4. The van der Waals surface area contributed by atoms with Gasteiger partial charge in [-0.2, -0.15) is 5.10 Å². The van der Waals surface area contributed by atoms with Gasteiger partial charge in [0.15, 0.2) is 5.82 Å². The zero-order valence-electron chi connectivity index (χ0n) is 15.1. The number of fused-ring (bicyclic) bond motifs is 1. The number of amides is 1. The van der Waals surface area contributed by atoms with Crippen molar-refractivity contribution in [1.29, 1.82) is 0 Å². The molecule has 0 atom stereocenters. The molecular weight excluding hydrogens is 420 g/mol. The number of hydrogen-bond donors (Lipinski definition) is 3. The maximum Gasteiger partial charge on any atom is 0.256 e. The van der Waals surface area contributed by atoms with Gasteiger partial charge < -0.3 is 5.32 Å². The lowest BCUT2D eigenvalue weighted by Crippen LogP contribution is -2.27. The van der Waals surface area contributed by atoms with E-state index in [1.807, 2.05) is 12.3 Å². The molecule has 1 aromatic heterocycles. The number of benzene rings is 1. The molecule has 1 aromatic carbocycles. The van der Waals surface area contributed by atoms with E-state index in [1.54, 1.807) is 17.4 Å². The minimum absolute atomic E-state index is 0.180. The predicted molar refractivity (Wildman–Crippen MR) is 111 cm³/mol. The van der Waals surface area contributed by atoms with E-state index in [0.29, 0.717) is 29.5 Å². The van der Waals surface area contributed by atoms with Crippen molar-refractivity contribution in [1.82, 2.24) is 20.6 Å². The summed E-state index contributed by atoms with van der Waals surface area (Å²) in [5, 5.41) is 12.0. The number of H-pyrrole nitrogens is 1. The van der Waals surface area contributed by atoms with Gasteiger partial charge in [0, 0.05) is 29.0 Å². The van der Waals surface area contributed by atoms with Gasteiger partial charge in [-0.05, 0) is 42.5 Å². The Bertz CT molecular complexity index is 1030. The molecule has 8 heteroatoms. The Morgan fingerprint density at radius 2 is 2.21 bits per heavy atom. The highest BCUT2D eigenvalue weighted by Crippen LogP contribution is 2.43. The SMILES string of the molecule is O=C(Nc1cn[nH]c1-c1cc(Br)ccc1C1CCC1)C1=C2N=CC=CN2NC1. The molecule has 0 bridgehead atoms. The van der Waals surface area contributed by atoms with E-state index in [1.165, 1.54) is 24.8 Å². The molecule has 3 N–H and O–H groups in total. The lowest BCUT2D eigenvalue weighted by Gasteiger charge is -2.28. The van der Waals surface area contributed by atoms with Crippen LogP contribution >= 0.6 is 15.9 Å².